The Morgan fingerprint density at radius 2 is 2.00 bits per heavy atom. The number of fused-ring (bicyclic) bond motifs is 5. The molecule has 3 aliphatic carbocycles. The van der Waals surface area contributed by atoms with Gasteiger partial charge in [-0.1, -0.05) is 11.8 Å². The minimum atomic E-state index is -0.0270. The summed E-state index contributed by atoms with van der Waals surface area (Å²) in [5.41, 5.74) is 0. The fourth-order valence-corrected chi connectivity index (χ4v) is 4.44. The molecule has 0 amide bonds. The van der Waals surface area contributed by atoms with Crippen LogP contribution in [0.1, 0.15) is 25.7 Å². The molecule has 6 unspecified atom stereocenters. The van der Waals surface area contributed by atoms with Crippen molar-refractivity contribution >= 4 is 0 Å². The van der Waals surface area contributed by atoms with Gasteiger partial charge in [-0.15, -0.1) is 0 Å². The zero-order chi connectivity index (χ0) is 10.4. The molecule has 0 heterocycles. The van der Waals surface area contributed by atoms with E-state index < -0.39 is 0 Å². The van der Waals surface area contributed by atoms with E-state index in [1.807, 2.05) is 0 Å². The fraction of sp³-hybridized carbons (Fsp3) is 0.846. The van der Waals surface area contributed by atoms with Gasteiger partial charge in [0.1, 0.15) is 6.61 Å². The van der Waals surface area contributed by atoms with E-state index in [1.54, 1.807) is 0 Å². The van der Waals surface area contributed by atoms with Crippen LogP contribution in [-0.4, -0.2) is 22.9 Å². The zero-order valence-electron chi connectivity index (χ0n) is 8.89. The van der Waals surface area contributed by atoms with Gasteiger partial charge in [-0.3, -0.25) is 0 Å². The SMILES string of the molecule is OCC#CC1CCC2C3CC(CC3O)C12. The van der Waals surface area contributed by atoms with Crippen LogP contribution < -0.4 is 0 Å². The quantitative estimate of drug-likeness (QED) is 0.581. The van der Waals surface area contributed by atoms with Gasteiger partial charge >= 0.3 is 0 Å². The third kappa shape index (κ3) is 1.33. The monoisotopic (exact) mass is 206 g/mol. The van der Waals surface area contributed by atoms with Crippen LogP contribution in [0.4, 0.5) is 0 Å². The normalized spacial score (nSPS) is 51.3. The molecule has 3 fully saturated rings. The molecule has 2 bridgehead atoms. The molecule has 0 radical (unpaired) electrons. The molecule has 3 saturated carbocycles. The number of rotatable bonds is 0. The second-order valence-electron chi connectivity index (χ2n) is 5.37. The van der Waals surface area contributed by atoms with Crippen molar-refractivity contribution < 1.29 is 10.2 Å². The molecule has 3 rings (SSSR count). The first-order valence-electron chi connectivity index (χ1n) is 6.08. The van der Waals surface area contributed by atoms with Gasteiger partial charge in [-0.25, -0.2) is 0 Å². The number of hydrogen-bond acceptors (Lipinski definition) is 2. The molecular weight excluding hydrogens is 188 g/mol. The van der Waals surface area contributed by atoms with Crippen molar-refractivity contribution in [1.82, 2.24) is 0 Å². The third-order valence-corrected chi connectivity index (χ3v) is 4.84. The molecule has 0 saturated heterocycles. The summed E-state index contributed by atoms with van der Waals surface area (Å²) in [6.45, 7) is -0.00932. The van der Waals surface area contributed by atoms with E-state index in [0.29, 0.717) is 11.8 Å². The van der Waals surface area contributed by atoms with Gasteiger partial charge in [0.15, 0.2) is 0 Å². The van der Waals surface area contributed by atoms with E-state index in [9.17, 15) is 5.11 Å². The molecule has 0 aromatic heterocycles. The van der Waals surface area contributed by atoms with Crippen molar-refractivity contribution in [3.63, 3.8) is 0 Å². The Hall–Kier alpha value is -0.520. The summed E-state index contributed by atoms with van der Waals surface area (Å²) in [6, 6.07) is 0. The van der Waals surface area contributed by atoms with E-state index in [2.05, 4.69) is 11.8 Å². The average Bonchev–Trinajstić information content (AvgIpc) is 2.84. The molecule has 2 heteroatoms. The molecule has 82 valence electrons. The van der Waals surface area contributed by atoms with Gasteiger partial charge in [-0.05, 0) is 49.4 Å². The van der Waals surface area contributed by atoms with Crippen molar-refractivity contribution in [2.45, 2.75) is 31.8 Å². The molecular formula is C13H18O2. The molecule has 6 atom stereocenters. The van der Waals surface area contributed by atoms with E-state index in [4.69, 9.17) is 5.11 Å². The first-order valence-corrected chi connectivity index (χ1v) is 6.08. The Bertz CT molecular complexity index is 314. The zero-order valence-corrected chi connectivity index (χ0v) is 8.89. The lowest BCUT2D eigenvalue weighted by Crippen LogP contribution is -2.30. The summed E-state index contributed by atoms with van der Waals surface area (Å²) >= 11 is 0. The largest absolute Gasteiger partial charge is 0.393 e. The average molecular weight is 206 g/mol. The summed E-state index contributed by atoms with van der Waals surface area (Å²) in [7, 11) is 0. The van der Waals surface area contributed by atoms with Crippen LogP contribution in [-0.2, 0) is 0 Å². The maximum absolute atomic E-state index is 9.85. The summed E-state index contributed by atoms with van der Waals surface area (Å²) in [6.07, 6.45) is 4.63. The lowest BCUT2D eigenvalue weighted by atomic mass is 9.77. The predicted molar refractivity (Wildman–Crippen MR) is 56.8 cm³/mol. The highest BCUT2D eigenvalue weighted by Crippen LogP contribution is 2.60. The second-order valence-corrected chi connectivity index (χ2v) is 5.37. The Balaban J connectivity index is 1.79. The summed E-state index contributed by atoms with van der Waals surface area (Å²) in [4.78, 5) is 0. The topological polar surface area (TPSA) is 40.5 Å². The molecule has 2 N–H and O–H groups in total. The Labute approximate surface area is 90.7 Å². The summed E-state index contributed by atoms with van der Waals surface area (Å²) in [5.74, 6) is 9.30. The van der Waals surface area contributed by atoms with Gasteiger partial charge in [-0.2, -0.15) is 0 Å². The summed E-state index contributed by atoms with van der Waals surface area (Å²) < 4.78 is 0. The van der Waals surface area contributed by atoms with Crippen LogP contribution in [0.3, 0.4) is 0 Å². The van der Waals surface area contributed by atoms with E-state index >= 15 is 0 Å². The molecule has 0 spiro atoms. The van der Waals surface area contributed by atoms with Gasteiger partial charge < -0.3 is 10.2 Å². The molecule has 0 aliphatic heterocycles. The fourth-order valence-electron chi connectivity index (χ4n) is 4.44. The van der Waals surface area contributed by atoms with Crippen molar-refractivity contribution in [3.8, 4) is 11.8 Å². The minimum absolute atomic E-state index is 0.00932. The lowest BCUT2D eigenvalue weighted by Gasteiger charge is -2.30. The molecule has 15 heavy (non-hydrogen) atoms. The first-order chi connectivity index (χ1) is 7.31. The number of hydrogen-bond donors (Lipinski definition) is 2. The number of aliphatic hydroxyl groups is 2. The van der Waals surface area contributed by atoms with Gasteiger partial charge in [0.25, 0.3) is 0 Å². The van der Waals surface area contributed by atoms with Crippen molar-refractivity contribution in [2.24, 2.45) is 29.6 Å². The van der Waals surface area contributed by atoms with Gasteiger partial charge in [0, 0.05) is 5.92 Å². The Morgan fingerprint density at radius 1 is 1.13 bits per heavy atom. The van der Waals surface area contributed by atoms with Crippen LogP contribution >= 0.6 is 0 Å². The van der Waals surface area contributed by atoms with Gasteiger partial charge in [0.05, 0.1) is 6.10 Å². The molecule has 0 aromatic carbocycles. The van der Waals surface area contributed by atoms with Crippen molar-refractivity contribution in [2.75, 3.05) is 6.61 Å². The van der Waals surface area contributed by atoms with Crippen molar-refractivity contribution in [1.29, 1.82) is 0 Å². The highest BCUT2D eigenvalue weighted by atomic mass is 16.3. The smallest absolute Gasteiger partial charge is 0.104 e. The standard InChI is InChI=1S/C13H18O2/c14-5-1-2-8-3-4-10-11-6-9(13(8)10)7-12(11)15/h8-15H,3-7H2. The minimum Gasteiger partial charge on any atom is -0.393 e. The highest BCUT2D eigenvalue weighted by Gasteiger charge is 2.56. The van der Waals surface area contributed by atoms with Gasteiger partial charge in [0.2, 0.25) is 0 Å². The highest BCUT2D eigenvalue weighted by molar-refractivity contribution is 5.15. The maximum Gasteiger partial charge on any atom is 0.104 e. The first kappa shape index (κ1) is 9.69. The van der Waals surface area contributed by atoms with E-state index in [1.165, 1.54) is 19.3 Å². The van der Waals surface area contributed by atoms with E-state index in [-0.39, 0.29) is 12.7 Å². The maximum atomic E-state index is 9.85. The van der Waals surface area contributed by atoms with Crippen LogP contribution in [0.25, 0.3) is 0 Å². The summed E-state index contributed by atoms with van der Waals surface area (Å²) in [5, 5.41) is 18.6. The molecule has 2 nitrogen and oxygen atoms in total. The molecule has 0 aromatic rings. The Kier molecular flexibility index (Phi) is 2.26. The Morgan fingerprint density at radius 3 is 2.80 bits per heavy atom. The van der Waals surface area contributed by atoms with E-state index in [0.717, 1.165) is 24.2 Å². The molecule has 3 aliphatic rings. The van der Waals surface area contributed by atoms with Crippen LogP contribution in [0.2, 0.25) is 0 Å². The number of aliphatic hydroxyl groups excluding tert-OH is 2. The lowest BCUT2D eigenvalue weighted by molar-refractivity contribution is 0.0599. The third-order valence-electron chi connectivity index (χ3n) is 4.84. The van der Waals surface area contributed by atoms with Crippen LogP contribution in [0, 0.1) is 41.4 Å². The predicted octanol–water partition coefficient (Wildman–Crippen LogP) is 1.03. The van der Waals surface area contributed by atoms with Crippen molar-refractivity contribution in [3.05, 3.63) is 0 Å². The van der Waals surface area contributed by atoms with Crippen LogP contribution in [0.5, 0.6) is 0 Å². The van der Waals surface area contributed by atoms with Crippen LogP contribution in [0.15, 0.2) is 0 Å². The second kappa shape index (κ2) is 3.50.